The normalized spacial score (nSPS) is 13.0. The van der Waals surface area contributed by atoms with E-state index in [1.807, 2.05) is 0 Å². The van der Waals surface area contributed by atoms with Crippen molar-refractivity contribution in [3.63, 3.8) is 0 Å². The van der Waals surface area contributed by atoms with Crippen molar-refractivity contribution < 1.29 is 4.79 Å². The van der Waals surface area contributed by atoms with E-state index in [2.05, 4.69) is 27.7 Å². The molecule has 1 heteroatoms. The largest absolute Gasteiger partial charge is 0.299 e. The van der Waals surface area contributed by atoms with Crippen molar-refractivity contribution in [1.82, 2.24) is 0 Å². The second kappa shape index (κ2) is 10.8. The van der Waals surface area contributed by atoms with Gasteiger partial charge in [0.1, 0.15) is 5.78 Å². The molecule has 0 radical (unpaired) electrons. The maximum absolute atomic E-state index is 12.3. The van der Waals surface area contributed by atoms with Crippen LogP contribution in [-0.2, 0) is 4.79 Å². The third-order valence-electron chi connectivity index (χ3n) is 3.93. The van der Waals surface area contributed by atoms with E-state index in [0.29, 0.717) is 17.6 Å². The fourth-order valence-corrected chi connectivity index (χ4v) is 2.68. The Balaban J connectivity index is 4.27. The van der Waals surface area contributed by atoms with Crippen molar-refractivity contribution in [1.29, 1.82) is 0 Å². The molecule has 0 saturated carbocycles. The highest BCUT2D eigenvalue weighted by atomic mass is 16.1. The van der Waals surface area contributed by atoms with Gasteiger partial charge >= 0.3 is 0 Å². The number of rotatable bonds is 11. The van der Waals surface area contributed by atoms with Gasteiger partial charge in [0.2, 0.25) is 0 Å². The lowest BCUT2D eigenvalue weighted by Gasteiger charge is -2.24. The van der Waals surface area contributed by atoms with Crippen LogP contribution in [0, 0.1) is 11.8 Å². The van der Waals surface area contributed by atoms with E-state index in [0.717, 1.165) is 32.1 Å². The lowest BCUT2D eigenvalue weighted by molar-refractivity contribution is -0.125. The molecule has 0 aliphatic carbocycles. The molecule has 17 heavy (non-hydrogen) atoms. The van der Waals surface area contributed by atoms with Crippen LogP contribution in [0.25, 0.3) is 0 Å². The summed E-state index contributed by atoms with van der Waals surface area (Å²) >= 11 is 0. The van der Waals surface area contributed by atoms with Gasteiger partial charge in [0.05, 0.1) is 0 Å². The molecule has 1 atom stereocenters. The zero-order chi connectivity index (χ0) is 13.1. The molecular weight excluding hydrogens is 208 g/mol. The first-order valence-corrected chi connectivity index (χ1v) is 7.73. The molecular formula is C16H32O. The molecule has 0 aliphatic heterocycles. The van der Waals surface area contributed by atoms with Crippen LogP contribution in [0.2, 0.25) is 0 Å². The van der Waals surface area contributed by atoms with E-state index < -0.39 is 0 Å². The molecule has 0 aromatic heterocycles. The van der Waals surface area contributed by atoms with E-state index in [4.69, 9.17) is 0 Å². The molecule has 0 N–H and O–H groups in total. The molecule has 102 valence electrons. The standard InChI is InChI=1S/C16H32O/c1-5-9-11-13-16(17)15(12-10-6-2)14(7-3)8-4/h14-15H,5-13H2,1-4H3. The van der Waals surface area contributed by atoms with Crippen molar-refractivity contribution in [3.05, 3.63) is 0 Å². The minimum atomic E-state index is 0.349. The first-order chi connectivity index (χ1) is 8.21. The van der Waals surface area contributed by atoms with E-state index >= 15 is 0 Å². The van der Waals surface area contributed by atoms with Crippen molar-refractivity contribution in [2.24, 2.45) is 11.8 Å². The van der Waals surface area contributed by atoms with Crippen molar-refractivity contribution in [2.75, 3.05) is 0 Å². The Morgan fingerprint density at radius 1 is 0.882 bits per heavy atom. The van der Waals surface area contributed by atoms with Crippen LogP contribution in [0.15, 0.2) is 0 Å². The molecule has 1 unspecified atom stereocenters. The molecule has 0 heterocycles. The zero-order valence-corrected chi connectivity index (χ0v) is 12.4. The second-order valence-electron chi connectivity index (χ2n) is 5.25. The Morgan fingerprint density at radius 2 is 1.47 bits per heavy atom. The maximum Gasteiger partial charge on any atom is 0.136 e. The van der Waals surface area contributed by atoms with Crippen molar-refractivity contribution >= 4 is 5.78 Å². The van der Waals surface area contributed by atoms with Crippen molar-refractivity contribution in [2.45, 2.75) is 85.5 Å². The van der Waals surface area contributed by atoms with Gasteiger partial charge in [-0.3, -0.25) is 4.79 Å². The Bertz CT molecular complexity index is 182. The average Bonchev–Trinajstić information content (AvgIpc) is 2.34. The van der Waals surface area contributed by atoms with Gasteiger partial charge in [-0.2, -0.15) is 0 Å². The average molecular weight is 240 g/mol. The summed E-state index contributed by atoms with van der Waals surface area (Å²) in [6.45, 7) is 8.87. The number of ketones is 1. The quantitative estimate of drug-likeness (QED) is 0.443. The summed E-state index contributed by atoms with van der Waals surface area (Å²) in [4.78, 5) is 12.3. The lowest BCUT2D eigenvalue weighted by Crippen LogP contribution is -2.23. The van der Waals surface area contributed by atoms with Crippen LogP contribution in [0.5, 0.6) is 0 Å². The van der Waals surface area contributed by atoms with E-state index in [9.17, 15) is 4.79 Å². The number of Topliss-reactive ketones (excluding diaryl/α,β-unsaturated/α-hetero) is 1. The Hall–Kier alpha value is -0.330. The summed E-state index contributed by atoms with van der Waals surface area (Å²) in [5.74, 6) is 1.51. The molecule has 0 aliphatic rings. The van der Waals surface area contributed by atoms with Gasteiger partial charge in [-0.05, 0) is 18.8 Å². The predicted molar refractivity (Wildman–Crippen MR) is 76.2 cm³/mol. The Kier molecular flexibility index (Phi) is 10.6. The zero-order valence-electron chi connectivity index (χ0n) is 12.4. The minimum absolute atomic E-state index is 0.349. The maximum atomic E-state index is 12.3. The summed E-state index contributed by atoms with van der Waals surface area (Å²) in [5, 5.41) is 0. The summed E-state index contributed by atoms with van der Waals surface area (Å²) < 4.78 is 0. The van der Waals surface area contributed by atoms with Gasteiger partial charge in [-0.15, -0.1) is 0 Å². The third kappa shape index (κ3) is 6.85. The smallest absolute Gasteiger partial charge is 0.136 e. The van der Waals surface area contributed by atoms with Crippen LogP contribution in [-0.4, -0.2) is 5.78 Å². The highest BCUT2D eigenvalue weighted by molar-refractivity contribution is 5.81. The summed E-state index contributed by atoms with van der Waals surface area (Å²) in [7, 11) is 0. The van der Waals surface area contributed by atoms with Gasteiger partial charge in [0, 0.05) is 12.3 Å². The second-order valence-corrected chi connectivity index (χ2v) is 5.25. The van der Waals surface area contributed by atoms with E-state index in [1.165, 1.54) is 25.7 Å². The van der Waals surface area contributed by atoms with E-state index in [1.54, 1.807) is 0 Å². The number of hydrogen-bond acceptors (Lipinski definition) is 1. The molecule has 0 rings (SSSR count). The van der Waals surface area contributed by atoms with E-state index in [-0.39, 0.29) is 0 Å². The monoisotopic (exact) mass is 240 g/mol. The van der Waals surface area contributed by atoms with Crippen molar-refractivity contribution in [3.8, 4) is 0 Å². The highest BCUT2D eigenvalue weighted by Gasteiger charge is 2.24. The highest BCUT2D eigenvalue weighted by Crippen LogP contribution is 2.27. The van der Waals surface area contributed by atoms with Crippen LogP contribution in [0.3, 0.4) is 0 Å². The molecule has 0 aromatic carbocycles. The van der Waals surface area contributed by atoms with Gasteiger partial charge < -0.3 is 0 Å². The van der Waals surface area contributed by atoms with Crippen LogP contribution >= 0.6 is 0 Å². The number of carbonyl (C=O) groups is 1. The van der Waals surface area contributed by atoms with Gasteiger partial charge in [-0.25, -0.2) is 0 Å². The van der Waals surface area contributed by atoms with Crippen LogP contribution in [0.4, 0.5) is 0 Å². The fourth-order valence-electron chi connectivity index (χ4n) is 2.68. The lowest BCUT2D eigenvalue weighted by atomic mass is 9.80. The van der Waals surface area contributed by atoms with Gasteiger partial charge in [0.25, 0.3) is 0 Å². The molecule has 0 aromatic rings. The van der Waals surface area contributed by atoms with Gasteiger partial charge in [0.15, 0.2) is 0 Å². The minimum Gasteiger partial charge on any atom is -0.299 e. The molecule has 0 saturated heterocycles. The predicted octanol–water partition coefficient (Wildman–Crippen LogP) is 5.38. The molecule has 0 bridgehead atoms. The molecule has 0 fully saturated rings. The summed E-state index contributed by atoms with van der Waals surface area (Å²) in [6.07, 6.45) is 10.2. The molecule has 0 spiro atoms. The van der Waals surface area contributed by atoms with Crippen LogP contribution in [0.1, 0.15) is 85.5 Å². The fraction of sp³-hybridized carbons (Fsp3) is 0.938. The molecule has 0 amide bonds. The molecule has 1 nitrogen and oxygen atoms in total. The number of unbranched alkanes of at least 4 members (excludes halogenated alkanes) is 3. The number of carbonyl (C=O) groups excluding carboxylic acids is 1. The third-order valence-corrected chi connectivity index (χ3v) is 3.93. The number of hydrogen-bond donors (Lipinski definition) is 0. The topological polar surface area (TPSA) is 17.1 Å². The summed E-state index contributed by atoms with van der Waals surface area (Å²) in [5.41, 5.74) is 0. The first-order valence-electron chi connectivity index (χ1n) is 7.73. The SMILES string of the molecule is CCCCCC(=O)C(CCCC)C(CC)CC. The summed E-state index contributed by atoms with van der Waals surface area (Å²) in [6, 6.07) is 0. The first kappa shape index (κ1) is 16.7. The Labute approximate surface area is 108 Å². The Morgan fingerprint density at radius 3 is 1.94 bits per heavy atom. The van der Waals surface area contributed by atoms with Crippen LogP contribution < -0.4 is 0 Å². The van der Waals surface area contributed by atoms with Gasteiger partial charge in [-0.1, -0.05) is 66.2 Å².